The van der Waals surface area contributed by atoms with Gasteiger partial charge in [0.15, 0.2) is 5.02 Å². The van der Waals surface area contributed by atoms with Crippen LogP contribution in [0.15, 0.2) is 29.1 Å². The van der Waals surface area contributed by atoms with Crippen molar-refractivity contribution in [1.29, 1.82) is 0 Å². The Bertz CT molecular complexity index is 582. The van der Waals surface area contributed by atoms with Gasteiger partial charge >= 0.3 is 0 Å². The number of nitrogens with zero attached hydrogens (tertiary/aromatic N) is 1. The molecule has 6 heteroatoms. The van der Waals surface area contributed by atoms with Gasteiger partial charge in [-0.05, 0) is 24.3 Å². The summed E-state index contributed by atoms with van der Waals surface area (Å²) in [4.78, 5) is 15.1. The van der Waals surface area contributed by atoms with E-state index >= 15 is 0 Å². The topological polar surface area (TPSA) is 50.2 Å². The van der Waals surface area contributed by atoms with E-state index in [-0.39, 0.29) is 10.8 Å². The van der Waals surface area contributed by atoms with Crippen LogP contribution in [0.25, 0.3) is 10.6 Å². The van der Waals surface area contributed by atoms with Crippen LogP contribution < -0.4 is 4.74 Å². The molecule has 1 N–H and O–H groups in total. The van der Waals surface area contributed by atoms with Gasteiger partial charge in [-0.25, -0.2) is 9.37 Å². The SMILES string of the molecule is O=c1sc(-c2ccc(F)cc2)nc(O)c1Cl. The molecule has 0 saturated carbocycles. The summed E-state index contributed by atoms with van der Waals surface area (Å²) in [6, 6.07) is 5.45. The van der Waals surface area contributed by atoms with Gasteiger partial charge in [0.05, 0.1) is 0 Å². The summed E-state index contributed by atoms with van der Waals surface area (Å²) >= 11 is 6.28. The van der Waals surface area contributed by atoms with Gasteiger partial charge in [0, 0.05) is 5.56 Å². The molecule has 0 fully saturated rings. The highest BCUT2D eigenvalue weighted by molar-refractivity contribution is 7.12. The summed E-state index contributed by atoms with van der Waals surface area (Å²) in [6.45, 7) is 0. The van der Waals surface area contributed by atoms with Crippen LogP contribution in [0.3, 0.4) is 0 Å². The van der Waals surface area contributed by atoms with Crippen LogP contribution >= 0.6 is 22.9 Å². The van der Waals surface area contributed by atoms with Crippen LogP contribution in [0.2, 0.25) is 5.02 Å². The van der Waals surface area contributed by atoms with Crippen molar-refractivity contribution in [2.75, 3.05) is 0 Å². The molecule has 2 aromatic rings. The van der Waals surface area contributed by atoms with Crippen LogP contribution in [0.1, 0.15) is 0 Å². The Morgan fingerprint density at radius 1 is 1.31 bits per heavy atom. The van der Waals surface area contributed by atoms with E-state index in [0.29, 0.717) is 10.6 Å². The van der Waals surface area contributed by atoms with E-state index < -0.39 is 10.6 Å². The molecule has 0 aliphatic rings. The molecule has 0 unspecified atom stereocenters. The smallest absolute Gasteiger partial charge is 0.258 e. The predicted molar refractivity (Wildman–Crippen MR) is 60.5 cm³/mol. The van der Waals surface area contributed by atoms with Crippen molar-refractivity contribution in [1.82, 2.24) is 4.98 Å². The summed E-state index contributed by atoms with van der Waals surface area (Å²) in [5, 5.41) is 9.29. The lowest BCUT2D eigenvalue weighted by Crippen LogP contribution is -1.98. The van der Waals surface area contributed by atoms with Crippen molar-refractivity contribution in [2.45, 2.75) is 0 Å². The van der Waals surface area contributed by atoms with Crippen LogP contribution in [-0.4, -0.2) is 10.1 Å². The Morgan fingerprint density at radius 3 is 2.50 bits per heavy atom. The largest absolute Gasteiger partial charge is 0.492 e. The van der Waals surface area contributed by atoms with Crippen molar-refractivity contribution in [3.63, 3.8) is 0 Å². The molecule has 1 heterocycles. The van der Waals surface area contributed by atoms with Crippen LogP contribution in [0.5, 0.6) is 5.88 Å². The maximum absolute atomic E-state index is 12.7. The standard InChI is InChI=1S/C10H5ClFNO2S/c11-7-8(14)13-9(16-10(7)15)5-1-3-6(12)4-2-5/h1-4,14H. The third kappa shape index (κ3) is 2.05. The number of rotatable bonds is 1. The molecule has 2 rings (SSSR count). The van der Waals surface area contributed by atoms with E-state index in [4.69, 9.17) is 11.6 Å². The highest BCUT2D eigenvalue weighted by atomic mass is 35.5. The van der Waals surface area contributed by atoms with E-state index in [1.807, 2.05) is 0 Å². The second kappa shape index (κ2) is 4.19. The maximum atomic E-state index is 12.7. The monoisotopic (exact) mass is 257 g/mol. The molecule has 1 aromatic carbocycles. The van der Waals surface area contributed by atoms with Crippen molar-refractivity contribution >= 4 is 22.9 Å². The lowest BCUT2D eigenvalue weighted by atomic mass is 10.2. The molecule has 0 aliphatic carbocycles. The molecule has 0 radical (unpaired) electrons. The van der Waals surface area contributed by atoms with Crippen molar-refractivity contribution in [2.24, 2.45) is 0 Å². The first-order valence-corrected chi connectivity index (χ1v) is 5.43. The predicted octanol–water partition coefficient (Wildman–Crippen LogP) is 2.67. The molecule has 3 nitrogen and oxygen atoms in total. The van der Waals surface area contributed by atoms with Gasteiger partial charge in [-0.1, -0.05) is 22.9 Å². The van der Waals surface area contributed by atoms with Crippen molar-refractivity contribution in [3.8, 4) is 16.5 Å². The van der Waals surface area contributed by atoms with Gasteiger partial charge in [0.25, 0.3) is 4.74 Å². The van der Waals surface area contributed by atoms with Gasteiger partial charge in [-0.15, -0.1) is 0 Å². The minimum atomic E-state index is -0.509. The fraction of sp³-hybridized carbons (Fsp3) is 0. The van der Waals surface area contributed by atoms with E-state index in [9.17, 15) is 14.3 Å². The molecule has 1 aromatic heterocycles. The second-order valence-corrected chi connectivity index (χ2v) is 4.29. The van der Waals surface area contributed by atoms with E-state index in [2.05, 4.69) is 4.98 Å². The Labute approximate surface area is 98.8 Å². The van der Waals surface area contributed by atoms with Gasteiger partial charge in [0.2, 0.25) is 5.88 Å². The molecule has 0 spiro atoms. The number of hydrogen-bond donors (Lipinski definition) is 1. The molecule has 0 aliphatic heterocycles. The summed E-state index contributed by atoms with van der Waals surface area (Å²) < 4.78 is 12.2. The Morgan fingerprint density at radius 2 is 1.94 bits per heavy atom. The fourth-order valence-electron chi connectivity index (χ4n) is 1.11. The third-order valence-electron chi connectivity index (χ3n) is 1.86. The zero-order valence-corrected chi connectivity index (χ0v) is 9.35. The number of aromatic nitrogens is 1. The third-order valence-corrected chi connectivity index (χ3v) is 3.23. The molecular weight excluding hydrogens is 253 g/mol. The summed E-state index contributed by atoms with van der Waals surface area (Å²) in [5.41, 5.74) is 0.551. The number of hydrogen-bond acceptors (Lipinski definition) is 4. The molecule has 82 valence electrons. The number of benzene rings is 1. The second-order valence-electron chi connectivity index (χ2n) is 2.95. The van der Waals surface area contributed by atoms with E-state index in [1.54, 1.807) is 0 Å². The zero-order chi connectivity index (χ0) is 11.7. The van der Waals surface area contributed by atoms with Gasteiger partial charge in [-0.2, -0.15) is 0 Å². The summed E-state index contributed by atoms with van der Waals surface area (Å²) in [7, 11) is 0. The molecular formula is C10H5ClFNO2S. The first-order valence-electron chi connectivity index (χ1n) is 4.23. The minimum Gasteiger partial charge on any atom is -0.492 e. The molecule has 0 bridgehead atoms. The number of aromatic hydroxyl groups is 1. The quantitative estimate of drug-likeness (QED) is 0.854. The van der Waals surface area contributed by atoms with Crippen LogP contribution in [-0.2, 0) is 0 Å². The lowest BCUT2D eigenvalue weighted by Gasteiger charge is -2.00. The normalized spacial score (nSPS) is 10.4. The van der Waals surface area contributed by atoms with Gasteiger partial charge in [0.1, 0.15) is 10.8 Å². The molecule has 0 atom stereocenters. The Balaban J connectivity index is 2.57. The minimum absolute atomic E-state index is 0.295. The van der Waals surface area contributed by atoms with Crippen molar-refractivity contribution in [3.05, 3.63) is 44.6 Å². The van der Waals surface area contributed by atoms with Crippen LogP contribution in [0, 0.1) is 5.82 Å². The molecule has 0 amide bonds. The highest BCUT2D eigenvalue weighted by Gasteiger charge is 2.10. The summed E-state index contributed by atoms with van der Waals surface area (Å²) in [5.74, 6) is -0.890. The first kappa shape index (κ1) is 11.0. The average Bonchev–Trinajstić information content (AvgIpc) is 2.26. The zero-order valence-electron chi connectivity index (χ0n) is 7.78. The Hall–Kier alpha value is -1.46. The highest BCUT2D eigenvalue weighted by Crippen LogP contribution is 2.25. The Kier molecular flexibility index (Phi) is 2.89. The first-order chi connectivity index (χ1) is 7.58. The van der Waals surface area contributed by atoms with Crippen molar-refractivity contribution < 1.29 is 9.50 Å². The summed E-state index contributed by atoms with van der Waals surface area (Å²) in [6.07, 6.45) is 0. The molecule has 16 heavy (non-hydrogen) atoms. The van der Waals surface area contributed by atoms with E-state index in [0.717, 1.165) is 11.3 Å². The fourth-order valence-corrected chi connectivity index (χ4v) is 2.01. The number of halogens is 2. The lowest BCUT2D eigenvalue weighted by molar-refractivity contribution is 0.455. The average molecular weight is 258 g/mol. The van der Waals surface area contributed by atoms with Gasteiger partial charge in [-0.3, -0.25) is 4.79 Å². The van der Waals surface area contributed by atoms with Gasteiger partial charge < -0.3 is 5.11 Å². The molecule has 0 saturated heterocycles. The van der Waals surface area contributed by atoms with E-state index in [1.165, 1.54) is 24.3 Å². The maximum Gasteiger partial charge on any atom is 0.258 e. The van der Waals surface area contributed by atoms with Crippen LogP contribution in [0.4, 0.5) is 4.39 Å².